The van der Waals surface area contributed by atoms with Gasteiger partial charge in [0.25, 0.3) is 11.1 Å². The van der Waals surface area contributed by atoms with Crippen LogP contribution in [0.3, 0.4) is 0 Å². The van der Waals surface area contributed by atoms with Crippen molar-refractivity contribution in [3.05, 3.63) is 90.0 Å². The summed E-state index contributed by atoms with van der Waals surface area (Å²) in [5.41, 5.74) is -0.598. The van der Waals surface area contributed by atoms with Crippen LogP contribution in [-0.4, -0.2) is 14.8 Å². The van der Waals surface area contributed by atoms with Crippen molar-refractivity contribution >= 4 is 33.4 Å². The predicted octanol–water partition coefficient (Wildman–Crippen LogP) is 2.24. The number of nitrogens with one attached hydrogen (secondary N) is 2. The summed E-state index contributed by atoms with van der Waals surface area (Å²) in [4.78, 5) is 40.7. The van der Waals surface area contributed by atoms with E-state index < -0.39 is 16.5 Å². The first kappa shape index (κ1) is 16.9. The summed E-state index contributed by atoms with van der Waals surface area (Å²) in [6, 6.07) is 13.9. The van der Waals surface area contributed by atoms with Gasteiger partial charge in [0.1, 0.15) is 17.4 Å². The number of fused-ring (bicyclic) bond motifs is 2. The topological polar surface area (TPSA) is 87.7 Å². The second-order valence-electron chi connectivity index (χ2n) is 5.89. The van der Waals surface area contributed by atoms with Crippen LogP contribution in [0.2, 0.25) is 5.02 Å². The molecule has 4 aromatic rings. The molecular formula is C20H12ClN3O3. The summed E-state index contributed by atoms with van der Waals surface area (Å²) in [5, 5.41) is 2.96. The Morgan fingerprint density at radius 3 is 2.59 bits per heavy atom. The number of aromatic amines is 2. The Balaban J connectivity index is 1.90. The Bertz CT molecular complexity index is 1420. The highest BCUT2D eigenvalue weighted by Gasteiger charge is 2.14. The maximum absolute atomic E-state index is 12.8. The third-order valence-electron chi connectivity index (χ3n) is 4.13. The van der Waals surface area contributed by atoms with E-state index in [-0.39, 0.29) is 22.8 Å². The average molecular weight is 378 g/mol. The quantitative estimate of drug-likeness (QED) is 0.394. The molecule has 0 unspecified atom stereocenters. The van der Waals surface area contributed by atoms with E-state index >= 15 is 0 Å². The smallest absolute Gasteiger partial charge is 0.287 e. The largest absolute Gasteiger partial charge is 0.350 e. The van der Waals surface area contributed by atoms with E-state index in [0.29, 0.717) is 10.5 Å². The van der Waals surface area contributed by atoms with Crippen LogP contribution in [0, 0.1) is 11.8 Å². The normalized spacial score (nSPS) is 10.7. The van der Waals surface area contributed by atoms with Crippen molar-refractivity contribution in [2.45, 2.75) is 6.54 Å². The van der Waals surface area contributed by atoms with Crippen LogP contribution < -0.4 is 16.5 Å². The average Bonchev–Trinajstić information content (AvgIpc) is 2.66. The minimum Gasteiger partial charge on any atom is -0.350 e. The molecule has 0 amide bonds. The van der Waals surface area contributed by atoms with Gasteiger partial charge in [-0.15, -0.1) is 0 Å². The Morgan fingerprint density at radius 1 is 1.04 bits per heavy atom. The Hall–Kier alpha value is -3.56. The number of halogens is 1. The van der Waals surface area contributed by atoms with Gasteiger partial charge in [-0.1, -0.05) is 41.6 Å². The Labute approximate surface area is 157 Å². The lowest BCUT2D eigenvalue weighted by atomic mass is 10.1. The zero-order chi connectivity index (χ0) is 19.0. The van der Waals surface area contributed by atoms with Gasteiger partial charge in [0.05, 0.1) is 5.52 Å². The summed E-state index contributed by atoms with van der Waals surface area (Å²) in [7, 11) is 0. The standard InChI is InChI=1S/C20H12ClN3O3/c21-13-8-9-14-15(11-13)22-17-16(18(14)25)20(27)24(23-19(17)26)10-4-7-12-5-2-1-3-6-12/h1-3,5-6,8-9,11H,10H2,(H,22,25)(H,23,26). The molecule has 0 saturated heterocycles. The van der Waals surface area contributed by atoms with Gasteiger partial charge < -0.3 is 4.98 Å². The van der Waals surface area contributed by atoms with Crippen LogP contribution in [0.25, 0.3) is 21.8 Å². The van der Waals surface area contributed by atoms with Gasteiger partial charge in [-0.2, -0.15) is 0 Å². The van der Waals surface area contributed by atoms with Crippen LogP contribution in [0.5, 0.6) is 0 Å². The van der Waals surface area contributed by atoms with E-state index in [9.17, 15) is 14.4 Å². The predicted molar refractivity (Wildman–Crippen MR) is 105 cm³/mol. The van der Waals surface area contributed by atoms with Crippen molar-refractivity contribution in [1.29, 1.82) is 0 Å². The molecule has 0 aliphatic carbocycles. The molecule has 2 N–H and O–H groups in total. The van der Waals surface area contributed by atoms with E-state index in [4.69, 9.17) is 11.6 Å². The molecule has 0 aliphatic heterocycles. The molecule has 0 aliphatic rings. The van der Waals surface area contributed by atoms with Gasteiger partial charge in [-0.3, -0.25) is 19.5 Å². The second kappa shape index (κ2) is 6.63. The molecule has 2 heterocycles. The summed E-state index contributed by atoms with van der Waals surface area (Å²) >= 11 is 5.94. The first-order valence-corrected chi connectivity index (χ1v) is 8.45. The second-order valence-corrected chi connectivity index (χ2v) is 6.33. The van der Waals surface area contributed by atoms with E-state index in [1.54, 1.807) is 6.07 Å². The zero-order valence-electron chi connectivity index (χ0n) is 13.9. The molecule has 132 valence electrons. The molecule has 27 heavy (non-hydrogen) atoms. The summed E-state index contributed by atoms with van der Waals surface area (Å²) in [6.45, 7) is -0.0446. The number of benzene rings is 2. The van der Waals surface area contributed by atoms with Gasteiger partial charge in [-0.25, -0.2) is 4.68 Å². The number of hydrogen-bond acceptors (Lipinski definition) is 3. The third kappa shape index (κ3) is 3.05. The fourth-order valence-corrected chi connectivity index (χ4v) is 3.03. The summed E-state index contributed by atoms with van der Waals surface area (Å²) in [6.07, 6.45) is 0. The fourth-order valence-electron chi connectivity index (χ4n) is 2.86. The molecule has 0 spiro atoms. The lowest BCUT2D eigenvalue weighted by Gasteiger charge is -2.05. The molecule has 0 bridgehead atoms. The maximum atomic E-state index is 12.8. The fraction of sp³-hybridized carbons (Fsp3) is 0.0500. The summed E-state index contributed by atoms with van der Waals surface area (Å²) < 4.78 is 1.04. The van der Waals surface area contributed by atoms with Gasteiger partial charge in [0, 0.05) is 16.0 Å². The molecule has 0 fully saturated rings. The van der Waals surface area contributed by atoms with Crippen molar-refractivity contribution in [2.24, 2.45) is 0 Å². The Morgan fingerprint density at radius 2 is 1.81 bits per heavy atom. The number of pyridine rings is 1. The molecule has 0 radical (unpaired) electrons. The minimum atomic E-state index is -0.606. The number of nitrogens with zero attached hydrogens (tertiary/aromatic N) is 1. The number of rotatable bonds is 1. The molecule has 4 rings (SSSR count). The minimum absolute atomic E-state index is 0.0446. The van der Waals surface area contributed by atoms with E-state index in [1.807, 2.05) is 30.3 Å². The molecule has 6 nitrogen and oxygen atoms in total. The number of H-pyrrole nitrogens is 2. The first-order valence-electron chi connectivity index (χ1n) is 8.07. The SMILES string of the molecule is O=c1[nH]n(CC#Cc2ccccc2)c(=O)c2c(=O)c3ccc(Cl)cc3[nH]c12. The highest BCUT2D eigenvalue weighted by molar-refractivity contribution is 6.31. The molecule has 7 heteroatoms. The maximum Gasteiger partial charge on any atom is 0.287 e. The zero-order valence-corrected chi connectivity index (χ0v) is 14.6. The lowest BCUT2D eigenvalue weighted by Crippen LogP contribution is -2.33. The van der Waals surface area contributed by atoms with Gasteiger partial charge >= 0.3 is 0 Å². The third-order valence-corrected chi connectivity index (χ3v) is 4.36. The van der Waals surface area contributed by atoms with Gasteiger partial charge in [-0.05, 0) is 30.3 Å². The molecule has 0 atom stereocenters. The van der Waals surface area contributed by atoms with E-state index in [0.717, 1.165) is 10.2 Å². The Kier molecular flexibility index (Phi) is 4.15. The van der Waals surface area contributed by atoms with Crippen molar-refractivity contribution in [3.63, 3.8) is 0 Å². The first-order chi connectivity index (χ1) is 13.0. The van der Waals surface area contributed by atoms with Crippen LogP contribution in [-0.2, 0) is 6.54 Å². The molecule has 0 saturated carbocycles. The van der Waals surface area contributed by atoms with Crippen LogP contribution in [0.4, 0.5) is 0 Å². The van der Waals surface area contributed by atoms with E-state index in [2.05, 4.69) is 21.9 Å². The lowest BCUT2D eigenvalue weighted by molar-refractivity contribution is 0.659. The number of hydrogen-bond donors (Lipinski definition) is 2. The summed E-state index contributed by atoms with van der Waals surface area (Å²) in [5.74, 6) is 5.73. The molecule has 2 aromatic carbocycles. The number of aromatic nitrogens is 3. The molecule has 2 aromatic heterocycles. The van der Waals surface area contributed by atoms with E-state index in [1.165, 1.54) is 12.1 Å². The van der Waals surface area contributed by atoms with Crippen molar-refractivity contribution in [2.75, 3.05) is 0 Å². The highest BCUT2D eigenvalue weighted by Crippen LogP contribution is 2.16. The highest BCUT2D eigenvalue weighted by atomic mass is 35.5. The van der Waals surface area contributed by atoms with Crippen molar-refractivity contribution in [1.82, 2.24) is 14.8 Å². The van der Waals surface area contributed by atoms with Gasteiger partial charge in [0.15, 0.2) is 0 Å². The molecular weight excluding hydrogens is 366 g/mol. The monoisotopic (exact) mass is 377 g/mol. The van der Waals surface area contributed by atoms with Crippen LogP contribution >= 0.6 is 11.6 Å². The van der Waals surface area contributed by atoms with Crippen molar-refractivity contribution in [3.8, 4) is 11.8 Å². The van der Waals surface area contributed by atoms with Crippen molar-refractivity contribution < 1.29 is 0 Å². The van der Waals surface area contributed by atoms with Gasteiger partial charge in [0.2, 0.25) is 5.43 Å². The van der Waals surface area contributed by atoms with Crippen LogP contribution in [0.1, 0.15) is 5.56 Å². The van der Waals surface area contributed by atoms with Crippen LogP contribution in [0.15, 0.2) is 62.9 Å².